The Morgan fingerprint density at radius 3 is 2.56 bits per heavy atom. The maximum absolute atomic E-state index is 11.6. The van der Waals surface area contributed by atoms with E-state index in [9.17, 15) is 4.79 Å². The average Bonchev–Trinajstić information content (AvgIpc) is 2.71. The number of carbonyl (C=O) groups is 1. The van der Waals surface area contributed by atoms with Crippen molar-refractivity contribution >= 4 is 39.8 Å². The Kier molecular flexibility index (Phi) is 4.04. The van der Waals surface area contributed by atoms with E-state index in [4.69, 9.17) is 0 Å². The van der Waals surface area contributed by atoms with Crippen LogP contribution >= 0.6 is 23.3 Å². The van der Waals surface area contributed by atoms with Gasteiger partial charge in [-0.1, -0.05) is 0 Å². The largest absolute Gasteiger partial charge is 0.345 e. The van der Waals surface area contributed by atoms with Gasteiger partial charge in [0.2, 0.25) is 0 Å². The SMILES string of the molecule is CSc1ccc(Nc2snc(C)c2C(C)=O)cc1. The molecule has 0 aliphatic heterocycles. The van der Waals surface area contributed by atoms with Crippen LogP contribution in [-0.4, -0.2) is 16.4 Å². The normalized spacial score (nSPS) is 10.4. The van der Waals surface area contributed by atoms with Gasteiger partial charge in [0, 0.05) is 10.6 Å². The number of hydrogen-bond acceptors (Lipinski definition) is 5. The van der Waals surface area contributed by atoms with Gasteiger partial charge in [0.1, 0.15) is 5.00 Å². The molecule has 0 saturated heterocycles. The summed E-state index contributed by atoms with van der Waals surface area (Å²) in [5, 5.41) is 4.07. The van der Waals surface area contributed by atoms with Crippen LogP contribution in [0.15, 0.2) is 29.2 Å². The number of nitrogens with zero attached hydrogens (tertiary/aromatic N) is 1. The molecule has 1 aromatic carbocycles. The maximum Gasteiger partial charge on any atom is 0.164 e. The first-order valence-corrected chi connectivity index (χ1v) is 7.50. The van der Waals surface area contributed by atoms with Crippen LogP contribution in [0.1, 0.15) is 23.0 Å². The second-order valence-electron chi connectivity index (χ2n) is 3.88. The molecule has 0 fully saturated rings. The summed E-state index contributed by atoms with van der Waals surface area (Å²) in [5.41, 5.74) is 2.45. The van der Waals surface area contributed by atoms with E-state index in [2.05, 4.69) is 9.69 Å². The van der Waals surface area contributed by atoms with Crippen molar-refractivity contribution in [2.24, 2.45) is 0 Å². The summed E-state index contributed by atoms with van der Waals surface area (Å²) in [6.45, 7) is 3.42. The van der Waals surface area contributed by atoms with Gasteiger partial charge in [-0.2, -0.15) is 4.37 Å². The van der Waals surface area contributed by atoms with Crippen molar-refractivity contribution in [3.63, 3.8) is 0 Å². The highest BCUT2D eigenvalue weighted by atomic mass is 32.2. The summed E-state index contributed by atoms with van der Waals surface area (Å²) in [6, 6.07) is 8.11. The smallest absolute Gasteiger partial charge is 0.164 e. The average molecular weight is 278 g/mol. The molecular weight excluding hydrogens is 264 g/mol. The molecule has 0 saturated carbocycles. The van der Waals surface area contributed by atoms with Crippen molar-refractivity contribution < 1.29 is 4.79 Å². The summed E-state index contributed by atoms with van der Waals surface area (Å²) >= 11 is 3.03. The van der Waals surface area contributed by atoms with E-state index < -0.39 is 0 Å². The van der Waals surface area contributed by atoms with Crippen molar-refractivity contribution in [1.29, 1.82) is 0 Å². The van der Waals surface area contributed by atoms with Crippen LogP contribution in [0.3, 0.4) is 0 Å². The molecule has 0 bridgehead atoms. The lowest BCUT2D eigenvalue weighted by Crippen LogP contribution is -1.98. The Balaban J connectivity index is 2.25. The maximum atomic E-state index is 11.6. The number of rotatable bonds is 4. The van der Waals surface area contributed by atoms with Crippen LogP contribution in [0.4, 0.5) is 10.7 Å². The molecule has 18 heavy (non-hydrogen) atoms. The molecule has 0 aliphatic carbocycles. The van der Waals surface area contributed by atoms with Gasteiger partial charge in [-0.3, -0.25) is 4.79 Å². The highest BCUT2D eigenvalue weighted by Gasteiger charge is 2.14. The van der Waals surface area contributed by atoms with E-state index in [1.54, 1.807) is 18.7 Å². The molecular formula is C13H14N2OS2. The van der Waals surface area contributed by atoms with Gasteiger partial charge in [-0.25, -0.2) is 0 Å². The predicted octanol–water partition coefficient (Wildman–Crippen LogP) is 4.12. The van der Waals surface area contributed by atoms with E-state index in [1.165, 1.54) is 16.4 Å². The van der Waals surface area contributed by atoms with Crippen molar-refractivity contribution in [3.8, 4) is 0 Å². The van der Waals surface area contributed by atoms with Crippen LogP contribution < -0.4 is 5.32 Å². The monoisotopic (exact) mass is 278 g/mol. The minimum absolute atomic E-state index is 0.0458. The fourth-order valence-electron chi connectivity index (χ4n) is 1.68. The zero-order chi connectivity index (χ0) is 13.1. The zero-order valence-electron chi connectivity index (χ0n) is 10.5. The predicted molar refractivity (Wildman–Crippen MR) is 78.4 cm³/mol. The number of ketones is 1. The fourth-order valence-corrected chi connectivity index (χ4v) is 2.95. The third-order valence-electron chi connectivity index (χ3n) is 2.56. The van der Waals surface area contributed by atoms with Gasteiger partial charge < -0.3 is 5.32 Å². The van der Waals surface area contributed by atoms with E-state index in [1.807, 2.05) is 37.4 Å². The molecule has 2 rings (SSSR count). The Labute approximate surface area is 115 Å². The topological polar surface area (TPSA) is 42.0 Å². The number of benzene rings is 1. The first kappa shape index (κ1) is 13.1. The molecule has 1 N–H and O–H groups in total. The summed E-state index contributed by atoms with van der Waals surface area (Å²) in [4.78, 5) is 12.8. The quantitative estimate of drug-likeness (QED) is 0.675. The molecule has 0 radical (unpaired) electrons. The van der Waals surface area contributed by atoms with Crippen LogP contribution in [0, 0.1) is 6.92 Å². The number of anilines is 2. The van der Waals surface area contributed by atoms with Gasteiger partial charge in [0.05, 0.1) is 11.3 Å². The van der Waals surface area contributed by atoms with Crippen molar-refractivity contribution in [3.05, 3.63) is 35.5 Å². The third-order valence-corrected chi connectivity index (χ3v) is 4.16. The molecule has 0 aliphatic rings. The molecule has 0 spiro atoms. The number of Topliss-reactive ketones (excluding diaryl/α,β-unsaturated/α-hetero) is 1. The number of hydrogen-bond donors (Lipinski definition) is 1. The summed E-state index contributed by atoms with van der Waals surface area (Å²) < 4.78 is 4.22. The van der Waals surface area contributed by atoms with E-state index >= 15 is 0 Å². The second kappa shape index (κ2) is 5.54. The highest BCUT2D eigenvalue weighted by molar-refractivity contribution is 7.98. The number of aromatic nitrogens is 1. The molecule has 2 aromatic rings. The molecule has 94 valence electrons. The molecule has 0 atom stereocenters. The van der Waals surface area contributed by atoms with Crippen LogP contribution in [0.25, 0.3) is 0 Å². The highest BCUT2D eigenvalue weighted by Crippen LogP contribution is 2.29. The summed E-state index contributed by atoms with van der Waals surface area (Å²) in [6.07, 6.45) is 2.04. The second-order valence-corrected chi connectivity index (χ2v) is 5.53. The zero-order valence-corrected chi connectivity index (χ0v) is 12.1. The minimum Gasteiger partial charge on any atom is -0.345 e. The molecule has 5 heteroatoms. The molecule has 1 heterocycles. The van der Waals surface area contributed by atoms with Crippen molar-refractivity contribution in [2.45, 2.75) is 18.7 Å². The molecule has 0 amide bonds. The number of carbonyl (C=O) groups excluding carboxylic acids is 1. The third kappa shape index (κ3) is 2.73. The van der Waals surface area contributed by atoms with Crippen LogP contribution in [0.2, 0.25) is 0 Å². The van der Waals surface area contributed by atoms with E-state index in [-0.39, 0.29) is 5.78 Å². The lowest BCUT2D eigenvalue weighted by molar-refractivity contribution is 0.101. The van der Waals surface area contributed by atoms with Crippen molar-refractivity contribution in [1.82, 2.24) is 4.37 Å². The minimum atomic E-state index is 0.0458. The van der Waals surface area contributed by atoms with E-state index in [0.29, 0.717) is 5.56 Å². The van der Waals surface area contributed by atoms with E-state index in [0.717, 1.165) is 16.4 Å². The first-order valence-electron chi connectivity index (χ1n) is 5.50. The summed E-state index contributed by atoms with van der Waals surface area (Å²) in [5.74, 6) is 0.0458. The Bertz CT molecular complexity index is 561. The lowest BCUT2D eigenvalue weighted by atomic mass is 10.2. The van der Waals surface area contributed by atoms with Crippen LogP contribution in [-0.2, 0) is 0 Å². The standard InChI is InChI=1S/C13H14N2OS2/c1-8-12(9(2)16)13(18-15-8)14-10-4-6-11(17-3)7-5-10/h4-7,14H,1-3H3. The number of aryl methyl sites for hydroxylation is 1. The van der Waals surface area contributed by atoms with Gasteiger partial charge in [-0.05, 0) is 55.9 Å². The molecule has 3 nitrogen and oxygen atoms in total. The molecule has 0 unspecified atom stereocenters. The molecule has 1 aromatic heterocycles. The van der Waals surface area contributed by atoms with Gasteiger partial charge in [0.25, 0.3) is 0 Å². The van der Waals surface area contributed by atoms with Gasteiger partial charge in [0.15, 0.2) is 5.78 Å². The fraction of sp³-hybridized carbons (Fsp3) is 0.231. The number of nitrogens with one attached hydrogen (secondary N) is 1. The Hall–Kier alpha value is -1.33. The van der Waals surface area contributed by atoms with Crippen LogP contribution in [0.5, 0.6) is 0 Å². The number of thioether (sulfide) groups is 1. The summed E-state index contributed by atoms with van der Waals surface area (Å²) in [7, 11) is 0. The lowest BCUT2D eigenvalue weighted by Gasteiger charge is -2.06. The first-order chi connectivity index (χ1) is 8.61. The Morgan fingerprint density at radius 2 is 2.00 bits per heavy atom. The Morgan fingerprint density at radius 1 is 1.33 bits per heavy atom. The van der Waals surface area contributed by atoms with Gasteiger partial charge >= 0.3 is 0 Å². The van der Waals surface area contributed by atoms with Crippen molar-refractivity contribution in [2.75, 3.05) is 11.6 Å². The van der Waals surface area contributed by atoms with Gasteiger partial charge in [-0.15, -0.1) is 11.8 Å².